The number of carbonyl (C=O) groups is 1. The van der Waals surface area contributed by atoms with Gasteiger partial charge in [-0.1, -0.05) is 17.3 Å². The van der Waals surface area contributed by atoms with Crippen LogP contribution in [0.25, 0.3) is 11.5 Å². The normalized spacial score (nSPS) is 10.3. The third kappa shape index (κ3) is 2.73. The molecule has 1 N–H and O–H groups in total. The molecule has 0 saturated heterocycles. The Balaban J connectivity index is 1.80. The van der Waals surface area contributed by atoms with Crippen molar-refractivity contribution in [2.24, 2.45) is 0 Å². The number of carbonyl (C=O) groups excluding carboxylic acids is 1. The van der Waals surface area contributed by atoms with Crippen LogP contribution in [0.15, 0.2) is 47.4 Å². The topological polar surface area (TPSA) is 93.8 Å². The first kappa shape index (κ1) is 12.9. The second kappa shape index (κ2) is 5.45. The van der Waals surface area contributed by atoms with Crippen LogP contribution in [-0.4, -0.2) is 26.0 Å². The molecule has 104 valence electrons. The number of rotatable bonds is 3. The smallest absolute Gasteiger partial charge is 0.316 e. The zero-order valence-corrected chi connectivity index (χ0v) is 10.5. The van der Waals surface area contributed by atoms with Crippen molar-refractivity contribution in [1.29, 1.82) is 0 Å². The third-order valence-corrected chi connectivity index (χ3v) is 2.53. The van der Waals surface area contributed by atoms with Gasteiger partial charge in [0.1, 0.15) is 11.5 Å². The van der Waals surface area contributed by atoms with E-state index >= 15 is 0 Å². The van der Waals surface area contributed by atoms with Crippen molar-refractivity contribution in [3.05, 3.63) is 54.6 Å². The molecule has 1 amide bonds. The molecule has 8 heteroatoms. The number of benzene rings is 1. The summed E-state index contributed by atoms with van der Waals surface area (Å²) in [6.45, 7) is 0. The first-order chi connectivity index (χ1) is 10.2. The van der Waals surface area contributed by atoms with Crippen LogP contribution in [0.1, 0.15) is 10.7 Å². The first-order valence-electron chi connectivity index (χ1n) is 5.90. The molecule has 21 heavy (non-hydrogen) atoms. The molecule has 2 aromatic heterocycles. The van der Waals surface area contributed by atoms with Crippen LogP contribution in [0.5, 0.6) is 0 Å². The van der Waals surface area contributed by atoms with Crippen LogP contribution in [0.2, 0.25) is 0 Å². The van der Waals surface area contributed by atoms with E-state index in [0.717, 1.165) is 0 Å². The molecule has 1 aromatic carbocycles. The molecule has 0 saturated carbocycles. The third-order valence-electron chi connectivity index (χ3n) is 2.53. The maximum absolute atomic E-state index is 13.4. The Kier molecular flexibility index (Phi) is 3.34. The molecule has 0 aliphatic heterocycles. The van der Waals surface area contributed by atoms with E-state index in [1.54, 1.807) is 6.07 Å². The SMILES string of the molecule is O=C(Nc1ccccc1F)c1nc(-c2cnccn2)no1. The number of nitrogens with zero attached hydrogens (tertiary/aromatic N) is 4. The van der Waals surface area contributed by atoms with E-state index in [1.807, 2.05) is 0 Å². The van der Waals surface area contributed by atoms with Crippen molar-refractivity contribution in [2.75, 3.05) is 5.32 Å². The Hall–Kier alpha value is -3.16. The van der Waals surface area contributed by atoms with Crippen LogP contribution in [0.3, 0.4) is 0 Å². The zero-order valence-electron chi connectivity index (χ0n) is 10.5. The fourth-order valence-electron chi connectivity index (χ4n) is 1.57. The van der Waals surface area contributed by atoms with E-state index in [2.05, 4.69) is 25.4 Å². The average Bonchev–Trinajstić information content (AvgIpc) is 3.00. The van der Waals surface area contributed by atoms with Crippen molar-refractivity contribution in [2.45, 2.75) is 0 Å². The van der Waals surface area contributed by atoms with Crippen molar-refractivity contribution in [1.82, 2.24) is 20.1 Å². The van der Waals surface area contributed by atoms with E-state index in [-0.39, 0.29) is 17.4 Å². The minimum Gasteiger partial charge on any atom is -0.328 e. The predicted octanol–water partition coefficient (Wildman–Crippen LogP) is 1.92. The highest BCUT2D eigenvalue weighted by Crippen LogP contribution is 2.15. The lowest BCUT2D eigenvalue weighted by molar-refractivity contribution is 0.0981. The van der Waals surface area contributed by atoms with Gasteiger partial charge >= 0.3 is 11.8 Å². The van der Waals surface area contributed by atoms with Gasteiger partial charge in [0.25, 0.3) is 0 Å². The molecule has 0 radical (unpaired) electrons. The van der Waals surface area contributed by atoms with Gasteiger partial charge in [-0.15, -0.1) is 0 Å². The highest BCUT2D eigenvalue weighted by atomic mass is 19.1. The molecule has 3 rings (SSSR count). The number of halogens is 1. The predicted molar refractivity (Wildman–Crippen MR) is 69.7 cm³/mol. The van der Waals surface area contributed by atoms with Gasteiger partial charge in [0.15, 0.2) is 0 Å². The summed E-state index contributed by atoms with van der Waals surface area (Å²) in [5.41, 5.74) is 0.396. The van der Waals surface area contributed by atoms with Crippen LogP contribution in [-0.2, 0) is 0 Å². The summed E-state index contributed by atoms with van der Waals surface area (Å²) >= 11 is 0. The number of anilines is 1. The molecule has 0 aliphatic rings. The lowest BCUT2D eigenvalue weighted by Crippen LogP contribution is -2.13. The van der Waals surface area contributed by atoms with Crippen LogP contribution < -0.4 is 5.32 Å². The van der Waals surface area contributed by atoms with Gasteiger partial charge in [-0.25, -0.2) is 9.37 Å². The number of para-hydroxylation sites is 1. The highest BCUT2D eigenvalue weighted by molar-refractivity contribution is 6.01. The Bertz CT molecular complexity index is 775. The molecule has 0 spiro atoms. The van der Waals surface area contributed by atoms with E-state index in [4.69, 9.17) is 4.52 Å². The number of amides is 1. The van der Waals surface area contributed by atoms with E-state index in [9.17, 15) is 9.18 Å². The lowest BCUT2D eigenvalue weighted by Gasteiger charge is -2.02. The van der Waals surface area contributed by atoms with Crippen molar-refractivity contribution < 1.29 is 13.7 Å². The monoisotopic (exact) mass is 285 g/mol. The van der Waals surface area contributed by atoms with Gasteiger partial charge in [-0.2, -0.15) is 4.98 Å². The largest absolute Gasteiger partial charge is 0.328 e. The maximum Gasteiger partial charge on any atom is 0.316 e. The summed E-state index contributed by atoms with van der Waals surface area (Å²) in [5.74, 6) is -1.43. The number of hydrogen-bond acceptors (Lipinski definition) is 6. The van der Waals surface area contributed by atoms with Gasteiger partial charge in [0.2, 0.25) is 5.82 Å². The van der Waals surface area contributed by atoms with Crippen molar-refractivity contribution in [3.8, 4) is 11.5 Å². The molecule has 0 atom stereocenters. The van der Waals surface area contributed by atoms with Gasteiger partial charge in [-0.05, 0) is 12.1 Å². The van der Waals surface area contributed by atoms with Crippen LogP contribution in [0.4, 0.5) is 10.1 Å². The molecule has 0 unspecified atom stereocenters. The van der Waals surface area contributed by atoms with Crippen molar-refractivity contribution in [3.63, 3.8) is 0 Å². The first-order valence-corrected chi connectivity index (χ1v) is 5.90. The fraction of sp³-hybridized carbons (Fsp3) is 0. The molecule has 3 aromatic rings. The van der Waals surface area contributed by atoms with E-state index in [0.29, 0.717) is 5.69 Å². The van der Waals surface area contributed by atoms with Crippen LogP contribution >= 0.6 is 0 Å². The Morgan fingerprint density at radius 2 is 2.10 bits per heavy atom. The number of aromatic nitrogens is 4. The second-order valence-corrected chi connectivity index (χ2v) is 3.95. The molecule has 0 aliphatic carbocycles. The summed E-state index contributed by atoms with van der Waals surface area (Å²) in [5, 5.41) is 5.97. The Labute approximate surface area is 117 Å². The van der Waals surface area contributed by atoms with E-state index < -0.39 is 11.7 Å². The summed E-state index contributed by atoms with van der Waals surface area (Å²) in [4.78, 5) is 23.6. The summed E-state index contributed by atoms with van der Waals surface area (Å²) in [7, 11) is 0. The number of nitrogens with one attached hydrogen (secondary N) is 1. The lowest BCUT2D eigenvalue weighted by atomic mass is 10.3. The summed E-state index contributed by atoms with van der Waals surface area (Å²) < 4.78 is 18.3. The summed E-state index contributed by atoms with van der Waals surface area (Å²) in [6, 6.07) is 5.77. The van der Waals surface area contributed by atoms with Gasteiger partial charge in [0, 0.05) is 12.4 Å². The number of hydrogen-bond donors (Lipinski definition) is 1. The Morgan fingerprint density at radius 1 is 1.24 bits per heavy atom. The minimum atomic E-state index is -0.706. The molecule has 2 heterocycles. The van der Waals surface area contributed by atoms with Crippen LogP contribution in [0, 0.1) is 5.82 Å². The van der Waals surface area contributed by atoms with Gasteiger partial charge in [0.05, 0.1) is 11.9 Å². The second-order valence-electron chi connectivity index (χ2n) is 3.95. The molecule has 0 fully saturated rings. The standard InChI is InChI=1S/C13H8FN5O2/c14-8-3-1-2-4-9(8)17-12(20)13-18-11(19-21-13)10-7-15-5-6-16-10/h1-7H,(H,17,20). The maximum atomic E-state index is 13.4. The molecule has 7 nitrogen and oxygen atoms in total. The highest BCUT2D eigenvalue weighted by Gasteiger charge is 2.18. The quantitative estimate of drug-likeness (QED) is 0.790. The van der Waals surface area contributed by atoms with Gasteiger partial charge in [-0.3, -0.25) is 9.78 Å². The average molecular weight is 285 g/mol. The fourth-order valence-corrected chi connectivity index (χ4v) is 1.57. The minimum absolute atomic E-state index is 0.0294. The molecular weight excluding hydrogens is 277 g/mol. The Morgan fingerprint density at radius 3 is 2.86 bits per heavy atom. The van der Waals surface area contributed by atoms with E-state index in [1.165, 1.54) is 36.8 Å². The van der Waals surface area contributed by atoms with Gasteiger partial charge < -0.3 is 9.84 Å². The molecular formula is C13H8FN5O2. The zero-order chi connectivity index (χ0) is 14.7. The molecule has 0 bridgehead atoms. The van der Waals surface area contributed by atoms with Crippen molar-refractivity contribution >= 4 is 11.6 Å². The summed E-state index contributed by atoms with van der Waals surface area (Å²) in [6.07, 6.45) is 4.39.